The van der Waals surface area contributed by atoms with Gasteiger partial charge < -0.3 is 0 Å². The van der Waals surface area contributed by atoms with Gasteiger partial charge in [0.1, 0.15) is 0 Å². The summed E-state index contributed by atoms with van der Waals surface area (Å²) >= 11 is 0. The number of rotatable bonds is 0. The van der Waals surface area contributed by atoms with Crippen molar-refractivity contribution < 1.29 is 33.4 Å². The van der Waals surface area contributed by atoms with Crippen LogP contribution in [0.5, 0.6) is 0 Å². The standard InChI is InChI=1S/C2H4.3CO.Ru/c4*1-2;/h1-2H2;;;;. The van der Waals surface area contributed by atoms with E-state index in [1.165, 1.54) is 0 Å². The monoisotopic (exact) mass is 214 g/mol. The normalized spacial score (nSPS) is 1.11. The van der Waals surface area contributed by atoms with E-state index in [0.29, 0.717) is 0 Å². The zero-order valence-electron chi connectivity index (χ0n) is 4.49. The van der Waals surface area contributed by atoms with Crippen LogP contribution in [0.15, 0.2) is 13.2 Å². The summed E-state index contributed by atoms with van der Waals surface area (Å²) in [6.45, 7) is 19.5. The van der Waals surface area contributed by atoms with Gasteiger partial charge in [-0.25, -0.2) is 0 Å². The fourth-order valence-corrected chi connectivity index (χ4v) is 0. The van der Waals surface area contributed by atoms with Crippen molar-refractivity contribution in [3.8, 4) is 0 Å². The van der Waals surface area contributed by atoms with Crippen molar-refractivity contribution >= 4 is 0 Å². The van der Waals surface area contributed by atoms with Gasteiger partial charge in [0.2, 0.25) is 0 Å². The second kappa shape index (κ2) is 1890. The van der Waals surface area contributed by atoms with Crippen LogP contribution >= 0.6 is 0 Å². The molecule has 0 saturated heterocycles. The molecule has 0 aromatic heterocycles. The first-order valence-electron chi connectivity index (χ1n) is 1.11. The molecule has 0 aliphatic heterocycles. The van der Waals surface area contributed by atoms with E-state index in [-0.39, 0.29) is 19.5 Å². The Kier molecular flexibility index (Phi) is 8090. The van der Waals surface area contributed by atoms with E-state index in [9.17, 15) is 0 Å². The first-order chi connectivity index (χ1) is 4.00. The van der Waals surface area contributed by atoms with Crippen LogP contribution in [0.3, 0.4) is 0 Å². The Balaban J connectivity index is -0.00000000762. The van der Waals surface area contributed by atoms with Crippen LogP contribution in [0.4, 0.5) is 0 Å². The van der Waals surface area contributed by atoms with E-state index < -0.39 is 0 Å². The van der Waals surface area contributed by atoms with Gasteiger partial charge >= 0.3 is 33.9 Å². The molecule has 3 nitrogen and oxygen atoms in total. The summed E-state index contributed by atoms with van der Waals surface area (Å²) in [4.78, 5) is 0. The Morgan fingerprint density at radius 1 is 0.667 bits per heavy atom. The van der Waals surface area contributed by atoms with Crippen molar-refractivity contribution in [1.29, 1.82) is 0 Å². The van der Waals surface area contributed by atoms with Crippen LogP contribution in [0.2, 0.25) is 0 Å². The van der Waals surface area contributed by atoms with Gasteiger partial charge in [0.05, 0.1) is 0 Å². The largest absolute Gasteiger partial charge is 0 e. The van der Waals surface area contributed by atoms with Crippen LogP contribution in [0.25, 0.3) is 0 Å². The fraction of sp³-hybridized carbons (Fsp3) is 0. The van der Waals surface area contributed by atoms with Crippen LogP contribution in [0, 0.1) is 20.0 Å². The van der Waals surface area contributed by atoms with E-state index in [0.717, 1.165) is 0 Å². The molecule has 0 aliphatic rings. The summed E-state index contributed by atoms with van der Waals surface area (Å²) in [5.41, 5.74) is 0. The molecule has 9 heavy (non-hydrogen) atoms. The van der Waals surface area contributed by atoms with E-state index in [1.54, 1.807) is 0 Å². The molecule has 0 aromatic rings. The van der Waals surface area contributed by atoms with E-state index in [4.69, 9.17) is 14.0 Å². The molecule has 0 heterocycles. The SMILES string of the molecule is C=C.[C-]#[O+].[C-]#[O+].[C-]#[O+].[Ru]. The fourth-order valence-electron chi connectivity index (χ4n) is 0. The molecule has 0 aliphatic carbocycles. The van der Waals surface area contributed by atoms with Gasteiger partial charge in [-0.15, -0.1) is 13.2 Å². The minimum atomic E-state index is 0. The molecule has 0 rings (SSSR count). The average molecular weight is 213 g/mol. The maximum Gasteiger partial charge on any atom is 0 e. The Hall–Kier alpha value is -0.417. The number of hydrogen-bond acceptors (Lipinski definition) is 0. The van der Waals surface area contributed by atoms with Gasteiger partial charge in [0.25, 0.3) is 0 Å². The van der Waals surface area contributed by atoms with Crippen molar-refractivity contribution in [2.45, 2.75) is 0 Å². The molecule has 0 amide bonds. The second-order valence-corrected chi connectivity index (χ2v) is 0. The maximum atomic E-state index is 7.50. The molecule has 0 radical (unpaired) electrons. The minimum Gasteiger partial charge on any atom is 0 e. The van der Waals surface area contributed by atoms with Crippen molar-refractivity contribution in [2.75, 3.05) is 0 Å². The van der Waals surface area contributed by atoms with Gasteiger partial charge in [-0.05, 0) is 0 Å². The predicted octanol–water partition coefficient (Wildman–Crippen LogP) is 0.687. The topological polar surface area (TPSA) is 59.7 Å². The molecule has 0 unspecified atom stereocenters. The first kappa shape index (κ1) is 38.4. The maximum absolute atomic E-state index is 7.50. The molecule has 50 valence electrons. The van der Waals surface area contributed by atoms with E-state index in [2.05, 4.69) is 33.1 Å². The third-order valence-corrected chi connectivity index (χ3v) is 0. The molecule has 0 saturated carbocycles. The van der Waals surface area contributed by atoms with Gasteiger partial charge in [-0.3, -0.25) is 0 Å². The Morgan fingerprint density at radius 3 is 0.667 bits per heavy atom. The molecule has 0 atom stereocenters. The molecule has 0 fully saturated rings. The third kappa shape index (κ3) is 1360. The Morgan fingerprint density at radius 2 is 0.667 bits per heavy atom. The van der Waals surface area contributed by atoms with E-state index in [1.807, 2.05) is 0 Å². The summed E-state index contributed by atoms with van der Waals surface area (Å²) in [7, 11) is 0. The van der Waals surface area contributed by atoms with Crippen LogP contribution in [-0.2, 0) is 33.4 Å². The molecule has 0 spiro atoms. The van der Waals surface area contributed by atoms with Gasteiger partial charge in [0.15, 0.2) is 0 Å². The Labute approximate surface area is 67.1 Å². The summed E-state index contributed by atoms with van der Waals surface area (Å²) in [5.74, 6) is 0. The molecule has 0 aromatic carbocycles. The molecular weight excluding hydrogens is 209 g/mol. The van der Waals surface area contributed by atoms with Crippen LogP contribution in [0.1, 0.15) is 0 Å². The summed E-state index contributed by atoms with van der Waals surface area (Å²) in [6.07, 6.45) is 0. The van der Waals surface area contributed by atoms with E-state index >= 15 is 0 Å². The first-order valence-corrected chi connectivity index (χ1v) is 1.11. The molecular formula is C5H4O3Ru. The Bertz CT molecular complexity index is 50.1. The van der Waals surface area contributed by atoms with Crippen molar-refractivity contribution in [1.82, 2.24) is 0 Å². The second-order valence-electron chi connectivity index (χ2n) is 0. The zero-order valence-corrected chi connectivity index (χ0v) is 6.23. The minimum absolute atomic E-state index is 0. The average Bonchev–Trinajstić information content (AvgIpc) is 2.03. The quantitative estimate of drug-likeness (QED) is 0.246. The third-order valence-electron chi connectivity index (χ3n) is 0. The van der Waals surface area contributed by atoms with Crippen molar-refractivity contribution in [2.24, 2.45) is 0 Å². The predicted molar refractivity (Wildman–Crippen MR) is 23.0 cm³/mol. The van der Waals surface area contributed by atoms with Gasteiger partial charge in [-0.1, -0.05) is 0 Å². The van der Waals surface area contributed by atoms with Crippen LogP contribution < -0.4 is 0 Å². The molecule has 0 N–H and O–H groups in total. The molecule has 4 heteroatoms. The van der Waals surface area contributed by atoms with Gasteiger partial charge in [-0.2, -0.15) is 0 Å². The summed E-state index contributed by atoms with van der Waals surface area (Å²) < 4.78 is 22.5. The van der Waals surface area contributed by atoms with Crippen molar-refractivity contribution in [3.63, 3.8) is 0 Å². The smallest absolute Gasteiger partial charge is 0 e. The van der Waals surface area contributed by atoms with Gasteiger partial charge in [0, 0.05) is 19.5 Å². The van der Waals surface area contributed by atoms with Crippen LogP contribution in [-0.4, -0.2) is 0 Å². The van der Waals surface area contributed by atoms with Crippen molar-refractivity contribution in [3.05, 3.63) is 33.1 Å². The number of hydrogen-bond donors (Lipinski definition) is 0. The summed E-state index contributed by atoms with van der Waals surface area (Å²) in [5, 5.41) is 0. The molecule has 0 bridgehead atoms. The zero-order chi connectivity index (χ0) is 8.00. The summed E-state index contributed by atoms with van der Waals surface area (Å²) in [6, 6.07) is 0.